The highest BCUT2D eigenvalue weighted by molar-refractivity contribution is 5.03. The van der Waals surface area contributed by atoms with Crippen LogP contribution in [0.1, 0.15) is 90.4 Å². The van der Waals surface area contributed by atoms with Crippen LogP contribution in [0, 0.1) is 41.4 Å². The zero-order chi connectivity index (χ0) is 16.1. The number of hydrogen-bond acceptors (Lipinski definition) is 1. The van der Waals surface area contributed by atoms with Crippen molar-refractivity contribution in [1.29, 1.82) is 0 Å². The zero-order valence-electron chi connectivity index (χ0n) is 15.9. The summed E-state index contributed by atoms with van der Waals surface area (Å²) in [6, 6.07) is 1.72. The summed E-state index contributed by atoms with van der Waals surface area (Å²) in [7, 11) is 0. The van der Waals surface area contributed by atoms with E-state index in [1.54, 1.807) is 44.9 Å². The smallest absolute Gasteiger partial charge is 0.00751 e. The molecule has 0 spiro atoms. The molecule has 0 aromatic carbocycles. The third kappa shape index (κ3) is 2.87. The van der Waals surface area contributed by atoms with Crippen molar-refractivity contribution in [3.05, 3.63) is 0 Å². The van der Waals surface area contributed by atoms with Gasteiger partial charge in [-0.15, -0.1) is 0 Å². The van der Waals surface area contributed by atoms with E-state index in [4.69, 9.17) is 0 Å². The molecule has 4 atom stereocenters. The van der Waals surface area contributed by atoms with Gasteiger partial charge in [0, 0.05) is 12.1 Å². The molecule has 0 aliphatic heterocycles. The highest BCUT2D eigenvalue weighted by atomic mass is 15.0. The maximum Gasteiger partial charge on any atom is 0.00751 e. The lowest BCUT2D eigenvalue weighted by atomic mass is 9.47. The Morgan fingerprint density at radius 3 is 1.71 bits per heavy atom. The molecule has 5 fully saturated rings. The van der Waals surface area contributed by atoms with E-state index >= 15 is 0 Å². The summed E-state index contributed by atoms with van der Waals surface area (Å²) >= 11 is 0. The molecule has 24 heavy (non-hydrogen) atoms. The van der Waals surface area contributed by atoms with Crippen LogP contribution in [0.5, 0.6) is 0 Å². The number of rotatable bonds is 2. The minimum absolute atomic E-state index is 0.852. The fraction of sp³-hybridized carbons (Fsp3) is 1.00. The summed E-state index contributed by atoms with van der Waals surface area (Å²) in [5.41, 5.74) is 0. The van der Waals surface area contributed by atoms with Gasteiger partial charge in [0.2, 0.25) is 0 Å². The van der Waals surface area contributed by atoms with E-state index in [-0.39, 0.29) is 0 Å². The average molecular weight is 330 g/mol. The van der Waals surface area contributed by atoms with Crippen molar-refractivity contribution in [2.45, 2.75) is 102 Å². The molecule has 5 aliphatic rings. The monoisotopic (exact) mass is 329 g/mol. The molecule has 0 radical (unpaired) electrons. The van der Waals surface area contributed by atoms with Crippen molar-refractivity contribution in [1.82, 2.24) is 5.32 Å². The van der Waals surface area contributed by atoms with E-state index < -0.39 is 0 Å². The first kappa shape index (κ1) is 16.2. The van der Waals surface area contributed by atoms with Gasteiger partial charge in [-0.05, 0) is 106 Å². The second-order valence-corrected chi connectivity index (χ2v) is 10.6. The molecule has 1 heteroatoms. The van der Waals surface area contributed by atoms with Crippen molar-refractivity contribution >= 4 is 0 Å². The molecule has 5 rings (SSSR count). The lowest BCUT2D eigenvalue weighted by molar-refractivity contribution is -0.0837. The SMILES string of the molecule is CC1CCC(NC2CC3CCC4CCCC5CCC(C2)C3C45)CC1. The molecular weight excluding hydrogens is 290 g/mol. The first-order chi connectivity index (χ1) is 11.8. The maximum absolute atomic E-state index is 4.17. The Kier molecular flexibility index (Phi) is 4.44. The minimum Gasteiger partial charge on any atom is -0.311 e. The first-order valence-corrected chi connectivity index (χ1v) is 11.5. The fourth-order valence-electron chi connectivity index (χ4n) is 8.24. The van der Waals surface area contributed by atoms with E-state index in [9.17, 15) is 0 Å². The van der Waals surface area contributed by atoms with Gasteiger partial charge < -0.3 is 5.32 Å². The largest absolute Gasteiger partial charge is 0.311 e. The highest BCUT2D eigenvalue weighted by Crippen LogP contribution is 2.59. The molecule has 0 heterocycles. The summed E-state index contributed by atoms with van der Waals surface area (Å²) in [4.78, 5) is 0. The van der Waals surface area contributed by atoms with E-state index in [0.29, 0.717) is 0 Å². The van der Waals surface area contributed by atoms with Gasteiger partial charge in [-0.1, -0.05) is 26.2 Å². The first-order valence-electron chi connectivity index (χ1n) is 11.5. The Balaban J connectivity index is 1.26. The Morgan fingerprint density at radius 2 is 1.08 bits per heavy atom. The van der Waals surface area contributed by atoms with Crippen molar-refractivity contribution in [2.24, 2.45) is 41.4 Å². The van der Waals surface area contributed by atoms with E-state index in [0.717, 1.165) is 53.5 Å². The normalized spacial score (nSPS) is 54.1. The van der Waals surface area contributed by atoms with Crippen molar-refractivity contribution in [3.63, 3.8) is 0 Å². The van der Waals surface area contributed by atoms with Crippen LogP contribution < -0.4 is 5.32 Å². The predicted molar refractivity (Wildman–Crippen MR) is 101 cm³/mol. The minimum atomic E-state index is 0.852. The Bertz CT molecular complexity index is 411. The summed E-state index contributed by atoms with van der Waals surface area (Å²) in [5, 5.41) is 4.17. The molecule has 0 saturated heterocycles. The summed E-state index contributed by atoms with van der Waals surface area (Å²) in [6.07, 6.45) is 19.9. The topological polar surface area (TPSA) is 12.0 Å². The van der Waals surface area contributed by atoms with E-state index in [1.807, 2.05) is 0 Å². The summed E-state index contributed by atoms with van der Waals surface area (Å²) in [5.74, 6) is 7.74. The van der Waals surface area contributed by atoms with Crippen LogP contribution in [0.15, 0.2) is 0 Å². The van der Waals surface area contributed by atoms with Gasteiger partial charge in [-0.3, -0.25) is 0 Å². The number of hydrogen-bond donors (Lipinski definition) is 1. The Morgan fingerprint density at radius 1 is 0.542 bits per heavy atom. The van der Waals surface area contributed by atoms with Crippen LogP contribution in [-0.2, 0) is 0 Å². The third-order valence-electron chi connectivity index (χ3n) is 9.25. The van der Waals surface area contributed by atoms with Gasteiger partial charge in [-0.2, -0.15) is 0 Å². The van der Waals surface area contributed by atoms with Gasteiger partial charge in [0.15, 0.2) is 0 Å². The molecule has 5 saturated carbocycles. The molecule has 5 aliphatic carbocycles. The van der Waals surface area contributed by atoms with Crippen LogP contribution in [0.4, 0.5) is 0 Å². The molecule has 0 amide bonds. The second kappa shape index (κ2) is 6.60. The van der Waals surface area contributed by atoms with Crippen molar-refractivity contribution < 1.29 is 0 Å². The summed E-state index contributed by atoms with van der Waals surface area (Å²) < 4.78 is 0. The molecule has 1 N–H and O–H groups in total. The molecule has 136 valence electrons. The third-order valence-corrected chi connectivity index (χ3v) is 9.25. The highest BCUT2D eigenvalue weighted by Gasteiger charge is 2.52. The fourth-order valence-corrected chi connectivity index (χ4v) is 8.24. The van der Waals surface area contributed by atoms with Gasteiger partial charge in [-0.25, -0.2) is 0 Å². The van der Waals surface area contributed by atoms with Crippen LogP contribution in [-0.4, -0.2) is 12.1 Å². The van der Waals surface area contributed by atoms with E-state index in [2.05, 4.69) is 12.2 Å². The average Bonchev–Trinajstić information content (AvgIpc) is 2.61. The molecule has 1 nitrogen and oxygen atoms in total. The molecule has 0 aromatic rings. The Labute approximate surface area is 149 Å². The summed E-state index contributed by atoms with van der Waals surface area (Å²) in [6.45, 7) is 2.45. The van der Waals surface area contributed by atoms with Crippen LogP contribution in [0.25, 0.3) is 0 Å². The van der Waals surface area contributed by atoms with Crippen LogP contribution in [0.3, 0.4) is 0 Å². The standard InChI is InChI=1S/C23H39N/c1-15-5-11-20(12-6-15)24-21-13-18-9-7-16-3-2-4-17-8-10-19(14-21)23(18)22(16)17/h15-24H,2-14H2,1H3. The molecule has 0 bridgehead atoms. The van der Waals surface area contributed by atoms with Crippen LogP contribution in [0.2, 0.25) is 0 Å². The van der Waals surface area contributed by atoms with Crippen molar-refractivity contribution in [2.75, 3.05) is 0 Å². The quantitative estimate of drug-likeness (QED) is 0.676. The van der Waals surface area contributed by atoms with E-state index in [1.165, 1.54) is 38.5 Å². The van der Waals surface area contributed by atoms with Gasteiger partial charge in [0.1, 0.15) is 0 Å². The van der Waals surface area contributed by atoms with Crippen molar-refractivity contribution in [3.8, 4) is 0 Å². The van der Waals surface area contributed by atoms with Gasteiger partial charge in [0.05, 0.1) is 0 Å². The second-order valence-electron chi connectivity index (χ2n) is 10.6. The number of nitrogens with one attached hydrogen (secondary N) is 1. The molecular formula is C23H39N. The lowest BCUT2D eigenvalue weighted by Crippen LogP contribution is -2.54. The lowest BCUT2D eigenvalue weighted by Gasteiger charge is -2.58. The van der Waals surface area contributed by atoms with Gasteiger partial charge in [0.25, 0.3) is 0 Å². The van der Waals surface area contributed by atoms with Gasteiger partial charge >= 0.3 is 0 Å². The van der Waals surface area contributed by atoms with Crippen LogP contribution >= 0.6 is 0 Å². The maximum atomic E-state index is 4.17. The predicted octanol–water partition coefficient (Wildman–Crippen LogP) is 5.79. The zero-order valence-corrected chi connectivity index (χ0v) is 15.9. The molecule has 0 aromatic heterocycles. The molecule has 4 unspecified atom stereocenters. The Hall–Kier alpha value is -0.0400.